The van der Waals surface area contributed by atoms with E-state index >= 15 is 0 Å². The van der Waals surface area contributed by atoms with Crippen molar-refractivity contribution in [2.75, 3.05) is 5.75 Å². The average molecular weight is 412 g/mol. The molecule has 0 fully saturated rings. The third kappa shape index (κ3) is 4.80. The van der Waals surface area contributed by atoms with Crippen LogP contribution in [0.15, 0.2) is 56.1 Å². The minimum atomic E-state index is -0.493. The molecule has 2 heterocycles. The van der Waals surface area contributed by atoms with Crippen LogP contribution >= 0.6 is 11.8 Å². The number of benzene rings is 1. The number of nitrogens with one attached hydrogen (secondary N) is 1. The Kier molecular flexibility index (Phi) is 6.28. The van der Waals surface area contributed by atoms with Crippen LogP contribution in [0.3, 0.4) is 0 Å². The predicted molar refractivity (Wildman–Crippen MR) is 110 cm³/mol. The van der Waals surface area contributed by atoms with Crippen molar-refractivity contribution in [3.05, 3.63) is 86.0 Å². The van der Waals surface area contributed by atoms with Gasteiger partial charge in [0.2, 0.25) is 5.89 Å². The molecule has 1 N–H and O–H groups in total. The van der Waals surface area contributed by atoms with Crippen molar-refractivity contribution in [1.82, 2.24) is 19.7 Å². The van der Waals surface area contributed by atoms with Crippen LogP contribution in [0.4, 0.5) is 0 Å². The SMILES string of the molecule is C=CCn1c(=O)[nH]c(C)c(Cc2nnc(SCC(=O)c3ccc(C)cc3)o2)c1=O. The zero-order chi connectivity index (χ0) is 21.0. The van der Waals surface area contributed by atoms with Gasteiger partial charge >= 0.3 is 5.69 Å². The van der Waals surface area contributed by atoms with Crippen molar-refractivity contribution in [1.29, 1.82) is 0 Å². The third-order valence-electron chi connectivity index (χ3n) is 4.28. The summed E-state index contributed by atoms with van der Waals surface area (Å²) in [5.74, 6) is 0.348. The number of H-pyrrole nitrogens is 1. The number of carbonyl (C=O) groups is 1. The lowest BCUT2D eigenvalue weighted by Gasteiger charge is -2.06. The maximum absolute atomic E-state index is 12.6. The molecule has 3 rings (SSSR count). The maximum Gasteiger partial charge on any atom is 0.328 e. The number of aromatic amines is 1. The molecular weight excluding hydrogens is 392 g/mol. The maximum atomic E-state index is 12.6. The lowest BCUT2D eigenvalue weighted by Crippen LogP contribution is -2.37. The predicted octanol–water partition coefficient (Wildman–Crippen LogP) is 2.29. The molecule has 3 aromatic rings. The first-order valence-electron chi connectivity index (χ1n) is 8.87. The van der Waals surface area contributed by atoms with Gasteiger partial charge in [-0.25, -0.2) is 4.79 Å². The molecule has 8 nitrogen and oxygen atoms in total. The van der Waals surface area contributed by atoms with Crippen LogP contribution in [0.5, 0.6) is 0 Å². The van der Waals surface area contributed by atoms with Gasteiger partial charge in [-0.2, -0.15) is 0 Å². The minimum absolute atomic E-state index is 0.0430. The molecule has 0 radical (unpaired) electrons. The first kappa shape index (κ1) is 20.5. The van der Waals surface area contributed by atoms with E-state index in [4.69, 9.17) is 4.42 Å². The summed E-state index contributed by atoms with van der Waals surface area (Å²) in [6, 6.07) is 7.33. The summed E-state index contributed by atoms with van der Waals surface area (Å²) >= 11 is 1.14. The average Bonchev–Trinajstić information content (AvgIpc) is 3.14. The number of hydrogen-bond donors (Lipinski definition) is 1. The Morgan fingerprint density at radius 2 is 1.97 bits per heavy atom. The van der Waals surface area contributed by atoms with Gasteiger partial charge in [-0.05, 0) is 13.8 Å². The molecule has 1 aromatic carbocycles. The van der Waals surface area contributed by atoms with E-state index in [0.717, 1.165) is 21.9 Å². The van der Waals surface area contributed by atoms with Gasteiger partial charge in [0.15, 0.2) is 5.78 Å². The molecule has 2 aromatic heterocycles. The highest BCUT2D eigenvalue weighted by molar-refractivity contribution is 7.99. The van der Waals surface area contributed by atoms with Gasteiger partial charge in [-0.1, -0.05) is 47.7 Å². The number of aromatic nitrogens is 4. The van der Waals surface area contributed by atoms with Gasteiger partial charge in [-0.15, -0.1) is 16.8 Å². The topological polar surface area (TPSA) is 111 Å². The lowest BCUT2D eigenvalue weighted by atomic mass is 10.1. The molecule has 0 unspecified atom stereocenters. The van der Waals surface area contributed by atoms with Crippen molar-refractivity contribution in [3.63, 3.8) is 0 Å². The number of hydrogen-bond acceptors (Lipinski definition) is 7. The Bertz CT molecular complexity index is 1160. The van der Waals surface area contributed by atoms with E-state index in [2.05, 4.69) is 21.8 Å². The van der Waals surface area contributed by atoms with E-state index in [-0.39, 0.29) is 35.6 Å². The summed E-state index contributed by atoms with van der Waals surface area (Å²) in [4.78, 5) is 39.4. The van der Waals surface area contributed by atoms with Crippen LogP contribution in [0, 0.1) is 13.8 Å². The number of nitrogens with zero attached hydrogens (tertiary/aromatic N) is 3. The molecule has 0 atom stereocenters. The Morgan fingerprint density at radius 1 is 1.24 bits per heavy atom. The highest BCUT2D eigenvalue weighted by Gasteiger charge is 2.16. The zero-order valence-electron chi connectivity index (χ0n) is 16.1. The molecule has 0 saturated carbocycles. The number of Topliss-reactive ketones (excluding diaryl/α,β-unsaturated/α-hetero) is 1. The smallest absolute Gasteiger partial charge is 0.328 e. The second-order valence-corrected chi connectivity index (χ2v) is 7.38. The largest absolute Gasteiger partial charge is 0.416 e. The fraction of sp³-hybridized carbons (Fsp3) is 0.250. The highest BCUT2D eigenvalue weighted by Crippen LogP contribution is 2.19. The molecule has 9 heteroatoms. The van der Waals surface area contributed by atoms with Crippen molar-refractivity contribution in [3.8, 4) is 0 Å². The number of aryl methyl sites for hydroxylation is 2. The first-order chi connectivity index (χ1) is 13.9. The Hall–Kier alpha value is -3.20. The van der Waals surface area contributed by atoms with Crippen LogP contribution in [0.25, 0.3) is 0 Å². The van der Waals surface area contributed by atoms with Crippen LogP contribution < -0.4 is 11.2 Å². The van der Waals surface area contributed by atoms with Gasteiger partial charge in [0.05, 0.1) is 12.2 Å². The molecule has 0 bridgehead atoms. The second-order valence-electron chi connectivity index (χ2n) is 6.45. The molecule has 0 amide bonds. The Morgan fingerprint density at radius 3 is 2.66 bits per heavy atom. The second kappa shape index (κ2) is 8.87. The standard InChI is InChI=1S/C20H20N4O4S/c1-4-9-24-18(26)15(13(3)21-19(24)27)10-17-22-23-20(28-17)29-11-16(25)14-7-5-12(2)6-8-14/h4-8H,1,9-11H2,2-3H3,(H,21,27). The van der Waals surface area contributed by atoms with E-state index in [1.54, 1.807) is 19.1 Å². The van der Waals surface area contributed by atoms with E-state index in [9.17, 15) is 14.4 Å². The third-order valence-corrected chi connectivity index (χ3v) is 5.10. The van der Waals surface area contributed by atoms with Crippen LogP contribution in [0.2, 0.25) is 0 Å². The van der Waals surface area contributed by atoms with E-state index < -0.39 is 11.2 Å². The molecule has 150 valence electrons. The first-order valence-corrected chi connectivity index (χ1v) is 9.86. The van der Waals surface area contributed by atoms with Crippen LogP contribution in [-0.2, 0) is 13.0 Å². The van der Waals surface area contributed by atoms with E-state index in [1.807, 2.05) is 19.1 Å². The zero-order valence-corrected chi connectivity index (χ0v) is 16.9. The Balaban J connectivity index is 1.71. The van der Waals surface area contributed by atoms with Crippen molar-refractivity contribution in [2.24, 2.45) is 0 Å². The molecule has 0 aliphatic heterocycles. The number of rotatable bonds is 8. The summed E-state index contributed by atoms with van der Waals surface area (Å²) < 4.78 is 6.62. The highest BCUT2D eigenvalue weighted by atomic mass is 32.2. The van der Waals surface area contributed by atoms with Gasteiger partial charge < -0.3 is 9.40 Å². The van der Waals surface area contributed by atoms with Crippen LogP contribution in [-0.4, -0.2) is 31.3 Å². The molecule has 0 saturated heterocycles. The van der Waals surface area contributed by atoms with E-state index in [1.165, 1.54) is 6.08 Å². The monoisotopic (exact) mass is 412 g/mol. The molecule has 0 aliphatic rings. The van der Waals surface area contributed by atoms with Gasteiger partial charge in [0.1, 0.15) is 0 Å². The van der Waals surface area contributed by atoms with Crippen LogP contribution in [0.1, 0.15) is 33.1 Å². The molecule has 0 spiro atoms. The van der Waals surface area contributed by atoms with Crippen molar-refractivity contribution >= 4 is 17.5 Å². The number of thioether (sulfide) groups is 1. The fourth-order valence-electron chi connectivity index (χ4n) is 2.69. The number of ketones is 1. The summed E-state index contributed by atoms with van der Waals surface area (Å²) in [6.07, 6.45) is 1.56. The van der Waals surface area contributed by atoms with Gasteiger partial charge in [0, 0.05) is 23.4 Å². The fourth-order valence-corrected chi connectivity index (χ4v) is 3.37. The summed E-state index contributed by atoms with van der Waals surface area (Å²) in [5.41, 5.74) is 1.60. The van der Waals surface area contributed by atoms with Crippen molar-refractivity contribution < 1.29 is 9.21 Å². The van der Waals surface area contributed by atoms with E-state index in [0.29, 0.717) is 16.8 Å². The molecule has 0 aliphatic carbocycles. The van der Waals surface area contributed by atoms with Crippen molar-refractivity contribution in [2.45, 2.75) is 32.0 Å². The van der Waals surface area contributed by atoms with Gasteiger partial charge in [-0.3, -0.25) is 14.2 Å². The molecular formula is C20H20N4O4S. The minimum Gasteiger partial charge on any atom is -0.416 e. The summed E-state index contributed by atoms with van der Waals surface area (Å²) in [7, 11) is 0. The number of carbonyl (C=O) groups excluding carboxylic acids is 1. The molecule has 29 heavy (non-hydrogen) atoms. The quantitative estimate of drug-likeness (QED) is 0.343. The lowest BCUT2D eigenvalue weighted by molar-refractivity contribution is 0.102. The summed E-state index contributed by atoms with van der Waals surface area (Å²) in [6.45, 7) is 7.26. The Labute approximate surface area is 170 Å². The number of allylic oxidation sites excluding steroid dienone is 1. The van der Waals surface area contributed by atoms with Gasteiger partial charge in [0.25, 0.3) is 10.8 Å². The normalized spacial score (nSPS) is 10.8. The summed E-state index contributed by atoms with van der Waals surface area (Å²) in [5, 5.41) is 8.11.